The molecule has 0 spiro atoms. The summed E-state index contributed by atoms with van der Waals surface area (Å²) in [5.41, 5.74) is 13.8. The molecule has 1 amide bonds. The second-order valence-electron chi connectivity index (χ2n) is 5.63. The van der Waals surface area contributed by atoms with Gasteiger partial charge in [-0.1, -0.05) is 29.8 Å². The lowest BCUT2D eigenvalue weighted by atomic mass is 10.2. The van der Waals surface area contributed by atoms with Crippen LogP contribution >= 0.6 is 27.5 Å². The van der Waals surface area contributed by atoms with Crippen LogP contribution in [-0.4, -0.2) is 15.9 Å². The lowest BCUT2D eigenvalue weighted by Gasteiger charge is -2.14. The number of anilines is 4. The van der Waals surface area contributed by atoms with Gasteiger partial charge in [-0.15, -0.1) is 0 Å². The van der Waals surface area contributed by atoms with Crippen molar-refractivity contribution in [3.8, 4) is 0 Å². The fourth-order valence-electron chi connectivity index (χ4n) is 2.23. The van der Waals surface area contributed by atoms with E-state index >= 15 is 0 Å². The van der Waals surface area contributed by atoms with Crippen LogP contribution in [0, 0.1) is 6.92 Å². The van der Waals surface area contributed by atoms with Crippen molar-refractivity contribution < 1.29 is 4.79 Å². The third-order valence-electron chi connectivity index (χ3n) is 3.73. The highest BCUT2D eigenvalue weighted by Crippen LogP contribution is 2.27. The molecule has 1 heterocycles. The summed E-state index contributed by atoms with van der Waals surface area (Å²) in [4.78, 5) is 20.5. The monoisotopic (exact) mass is 446 g/mol. The normalized spacial score (nSPS) is 10.3. The molecule has 0 fully saturated rings. The fourth-order valence-corrected chi connectivity index (χ4v) is 2.88. The maximum Gasteiger partial charge on any atom is 0.270 e. The molecule has 7 nitrogen and oxygen atoms in total. The minimum Gasteiger partial charge on any atom is -0.393 e. The first-order valence-electron chi connectivity index (χ1n) is 7.90. The maximum absolute atomic E-state index is 12.3. The number of hydrogen-bond acceptors (Lipinski definition) is 6. The molecule has 0 saturated carbocycles. The fraction of sp³-hybridized carbons (Fsp3) is 0.0556. The van der Waals surface area contributed by atoms with E-state index < -0.39 is 0 Å². The second-order valence-corrected chi connectivity index (χ2v) is 6.89. The molecule has 0 aliphatic heterocycles. The van der Waals surface area contributed by atoms with E-state index in [-0.39, 0.29) is 17.4 Å². The molecule has 5 N–H and O–H groups in total. The molecular weight excluding hydrogens is 432 g/mol. The Bertz CT molecular complexity index is 997. The number of nitrogens with zero attached hydrogens (tertiary/aromatic N) is 2. The van der Waals surface area contributed by atoms with Crippen molar-refractivity contribution in [1.82, 2.24) is 15.4 Å². The van der Waals surface area contributed by atoms with Crippen LogP contribution in [0.4, 0.5) is 23.0 Å². The molecule has 1 aromatic heterocycles. The summed E-state index contributed by atoms with van der Waals surface area (Å²) in [7, 11) is 0. The van der Waals surface area contributed by atoms with Crippen LogP contribution in [0.15, 0.2) is 53.3 Å². The maximum atomic E-state index is 12.3. The van der Waals surface area contributed by atoms with Gasteiger partial charge in [-0.05, 0) is 52.7 Å². The molecule has 0 unspecified atom stereocenters. The number of amides is 1. The van der Waals surface area contributed by atoms with Gasteiger partial charge in [0.2, 0.25) is 0 Å². The number of hydrazine groups is 1. The zero-order valence-corrected chi connectivity index (χ0v) is 16.6. The Hall–Kier alpha value is -2.84. The first kappa shape index (κ1) is 18.9. The number of nitrogens with one attached hydrogen (secondary N) is 3. The zero-order valence-electron chi connectivity index (χ0n) is 14.3. The summed E-state index contributed by atoms with van der Waals surface area (Å²) in [5, 5.41) is 3.72. The van der Waals surface area contributed by atoms with Crippen LogP contribution in [0.2, 0.25) is 5.02 Å². The van der Waals surface area contributed by atoms with Crippen LogP contribution in [-0.2, 0) is 0 Å². The number of halogens is 2. The molecule has 27 heavy (non-hydrogen) atoms. The van der Waals surface area contributed by atoms with Gasteiger partial charge in [0.05, 0.1) is 5.56 Å². The van der Waals surface area contributed by atoms with E-state index in [9.17, 15) is 4.79 Å². The highest BCUT2D eigenvalue weighted by Gasteiger charge is 2.12. The van der Waals surface area contributed by atoms with E-state index in [4.69, 9.17) is 17.3 Å². The number of rotatable bonds is 5. The Morgan fingerprint density at radius 3 is 2.63 bits per heavy atom. The topological polar surface area (TPSA) is 105 Å². The van der Waals surface area contributed by atoms with Gasteiger partial charge in [0.15, 0.2) is 11.6 Å². The standard InChI is InChI=1S/C18H16BrClN6O/c1-10-6-7-11(8-14(10)20)24-16-15(21)17(23-9-22-16)25-26-18(27)12-4-2-3-5-13(12)19/h2-9H,21H2,1H3,(H,26,27)(H2,22,23,24,25). The Balaban J connectivity index is 1.74. The number of aryl methyl sites for hydroxylation is 1. The van der Waals surface area contributed by atoms with E-state index in [0.717, 1.165) is 11.3 Å². The van der Waals surface area contributed by atoms with Gasteiger partial charge in [0.1, 0.15) is 12.0 Å². The molecule has 3 rings (SSSR count). The summed E-state index contributed by atoms with van der Waals surface area (Å²) in [6, 6.07) is 12.6. The van der Waals surface area contributed by atoms with Gasteiger partial charge in [0, 0.05) is 15.2 Å². The van der Waals surface area contributed by atoms with Gasteiger partial charge in [-0.3, -0.25) is 15.6 Å². The van der Waals surface area contributed by atoms with Crippen LogP contribution in [0.5, 0.6) is 0 Å². The Labute approximate surface area is 169 Å². The average Bonchev–Trinajstić information content (AvgIpc) is 2.65. The molecule has 9 heteroatoms. The van der Waals surface area contributed by atoms with Crippen molar-refractivity contribution in [2.75, 3.05) is 16.5 Å². The SMILES string of the molecule is Cc1ccc(Nc2ncnc(NNC(=O)c3ccccc3Br)c2N)cc1Cl. The van der Waals surface area contributed by atoms with Crippen LogP contribution in [0.3, 0.4) is 0 Å². The molecule has 0 aliphatic rings. The highest BCUT2D eigenvalue weighted by atomic mass is 79.9. The summed E-state index contributed by atoms with van der Waals surface area (Å²) < 4.78 is 0.679. The summed E-state index contributed by atoms with van der Waals surface area (Å²) in [6.45, 7) is 1.92. The summed E-state index contributed by atoms with van der Waals surface area (Å²) in [6.07, 6.45) is 1.33. The molecule has 138 valence electrons. The molecule has 3 aromatic rings. The van der Waals surface area contributed by atoms with Crippen molar-refractivity contribution in [1.29, 1.82) is 0 Å². The molecule has 0 atom stereocenters. The van der Waals surface area contributed by atoms with Crippen LogP contribution in [0.25, 0.3) is 0 Å². The Morgan fingerprint density at radius 2 is 1.89 bits per heavy atom. The number of nitrogens with two attached hydrogens (primary N) is 1. The van der Waals surface area contributed by atoms with Crippen molar-refractivity contribution in [3.05, 3.63) is 69.4 Å². The van der Waals surface area contributed by atoms with E-state index in [0.29, 0.717) is 20.9 Å². The third kappa shape index (κ3) is 4.47. The minimum absolute atomic E-state index is 0.252. The van der Waals surface area contributed by atoms with Crippen LogP contribution in [0.1, 0.15) is 15.9 Å². The van der Waals surface area contributed by atoms with Gasteiger partial charge in [-0.25, -0.2) is 9.97 Å². The lowest BCUT2D eigenvalue weighted by Crippen LogP contribution is -2.30. The molecule has 0 radical (unpaired) electrons. The predicted octanol–water partition coefficient (Wildman–Crippen LogP) is 4.28. The second kappa shape index (κ2) is 8.24. The number of benzene rings is 2. The third-order valence-corrected chi connectivity index (χ3v) is 4.83. The Kier molecular flexibility index (Phi) is 5.78. The number of hydrogen-bond donors (Lipinski definition) is 4. The summed E-state index contributed by atoms with van der Waals surface area (Å²) in [5.74, 6) is 0.328. The summed E-state index contributed by atoms with van der Waals surface area (Å²) >= 11 is 9.48. The zero-order chi connectivity index (χ0) is 19.4. The van der Waals surface area contributed by atoms with E-state index in [2.05, 4.69) is 42.1 Å². The smallest absolute Gasteiger partial charge is 0.270 e. The first-order valence-corrected chi connectivity index (χ1v) is 9.07. The van der Waals surface area contributed by atoms with Crippen molar-refractivity contribution in [2.45, 2.75) is 6.92 Å². The van der Waals surface area contributed by atoms with Crippen molar-refractivity contribution in [2.24, 2.45) is 0 Å². The lowest BCUT2D eigenvalue weighted by molar-refractivity contribution is 0.0962. The average molecular weight is 448 g/mol. The largest absolute Gasteiger partial charge is 0.393 e. The minimum atomic E-state index is -0.333. The molecule has 0 aliphatic carbocycles. The van der Waals surface area contributed by atoms with E-state index in [1.165, 1.54) is 6.33 Å². The van der Waals surface area contributed by atoms with Gasteiger partial charge < -0.3 is 11.1 Å². The molecular formula is C18H16BrClN6O. The van der Waals surface area contributed by atoms with Gasteiger partial charge in [0.25, 0.3) is 5.91 Å². The Morgan fingerprint density at radius 1 is 1.15 bits per heavy atom. The number of nitrogen functional groups attached to an aromatic ring is 1. The van der Waals surface area contributed by atoms with E-state index in [1.54, 1.807) is 24.3 Å². The van der Waals surface area contributed by atoms with Gasteiger partial charge in [-0.2, -0.15) is 0 Å². The van der Waals surface area contributed by atoms with Crippen molar-refractivity contribution in [3.63, 3.8) is 0 Å². The number of carbonyl (C=O) groups excluding carboxylic acids is 1. The predicted molar refractivity (Wildman–Crippen MR) is 111 cm³/mol. The van der Waals surface area contributed by atoms with Gasteiger partial charge >= 0.3 is 0 Å². The quantitative estimate of drug-likeness (QED) is 0.435. The molecule has 0 bridgehead atoms. The highest BCUT2D eigenvalue weighted by molar-refractivity contribution is 9.10. The van der Waals surface area contributed by atoms with E-state index in [1.807, 2.05) is 25.1 Å². The number of carbonyl (C=O) groups is 1. The number of aromatic nitrogens is 2. The first-order chi connectivity index (χ1) is 13.0. The molecule has 2 aromatic carbocycles. The molecule has 0 saturated heterocycles. The van der Waals surface area contributed by atoms with Crippen molar-refractivity contribution >= 4 is 56.4 Å². The van der Waals surface area contributed by atoms with Crippen LogP contribution < -0.4 is 21.9 Å².